The average molecular weight is 293 g/mol. The summed E-state index contributed by atoms with van der Waals surface area (Å²) in [6.07, 6.45) is 0. The molecule has 110 valence electrons. The number of hydrogen-bond acceptors (Lipinski definition) is 7. The van der Waals surface area contributed by atoms with Gasteiger partial charge in [-0.1, -0.05) is 13.8 Å². The summed E-state index contributed by atoms with van der Waals surface area (Å²) in [5, 5.41) is 8.03. The predicted octanol–water partition coefficient (Wildman–Crippen LogP) is 1.20. The number of carbonyl (C=O) groups is 3. The lowest BCUT2D eigenvalue weighted by Crippen LogP contribution is -2.47. The van der Waals surface area contributed by atoms with Crippen molar-refractivity contribution < 1.29 is 29.0 Å². The number of ether oxygens (including phenoxy) is 2. The normalized spacial score (nSPS) is 12.9. The second-order valence-electron chi connectivity index (χ2n) is 4.65. The van der Waals surface area contributed by atoms with Crippen molar-refractivity contribution >= 4 is 29.0 Å². The van der Waals surface area contributed by atoms with E-state index in [1.165, 1.54) is 13.8 Å². The van der Waals surface area contributed by atoms with Gasteiger partial charge in [-0.05, 0) is 25.6 Å². The third-order valence-corrected chi connectivity index (χ3v) is 3.28. The number of nitrogens with two attached hydrogens (primary N) is 1. The maximum atomic E-state index is 11.4. The van der Waals surface area contributed by atoms with Gasteiger partial charge < -0.3 is 20.3 Å². The minimum absolute atomic E-state index is 0.316. The molecule has 3 N–H and O–H groups in total. The lowest BCUT2D eigenvalue weighted by Gasteiger charge is -2.26. The molecular weight excluding hydrogens is 274 g/mol. The Bertz CT molecular complexity index is 355. The second-order valence-corrected chi connectivity index (χ2v) is 6.24. The summed E-state index contributed by atoms with van der Waals surface area (Å²) in [7, 11) is 0. The number of esters is 1. The first kappa shape index (κ1) is 17.7. The first-order chi connectivity index (χ1) is 8.58. The van der Waals surface area contributed by atoms with Crippen molar-refractivity contribution in [3.63, 3.8) is 0 Å². The summed E-state index contributed by atoms with van der Waals surface area (Å²) in [4.78, 5) is 33.3. The molecule has 8 heteroatoms. The van der Waals surface area contributed by atoms with Gasteiger partial charge in [0.05, 0.1) is 5.92 Å². The number of thioether (sulfide) groups is 1. The highest BCUT2D eigenvalue weighted by Crippen LogP contribution is 2.29. The van der Waals surface area contributed by atoms with E-state index in [1.807, 2.05) is 0 Å². The second kappa shape index (κ2) is 7.34. The van der Waals surface area contributed by atoms with E-state index in [-0.39, 0.29) is 5.92 Å². The van der Waals surface area contributed by atoms with Gasteiger partial charge in [-0.2, -0.15) is 0 Å². The zero-order valence-corrected chi connectivity index (χ0v) is 12.2. The zero-order chi connectivity index (χ0) is 15.2. The van der Waals surface area contributed by atoms with Gasteiger partial charge in [-0.15, -0.1) is 0 Å². The van der Waals surface area contributed by atoms with Crippen molar-refractivity contribution in [3.8, 4) is 0 Å². The van der Waals surface area contributed by atoms with Crippen LogP contribution in [0.15, 0.2) is 0 Å². The predicted molar refractivity (Wildman–Crippen MR) is 69.6 cm³/mol. The Hall–Kier alpha value is -1.28. The highest BCUT2D eigenvalue weighted by molar-refractivity contribution is 8.14. The highest BCUT2D eigenvalue weighted by Gasteiger charge is 2.35. The maximum Gasteiger partial charge on any atom is 0.370 e. The Kier molecular flexibility index (Phi) is 6.85. The van der Waals surface area contributed by atoms with Gasteiger partial charge in [0.25, 0.3) is 0 Å². The molecule has 0 radical (unpaired) electrons. The molecule has 0 aliphatic heterocycles. The molecule has 0 aliphatic carbocycles. The van der Waals surface area contributed by atoms with Crippen molar-refractivity contribution in [2.45, 2.75) is 38.5 Å². The van der Waals surface area contributed by atoms with Crippen molar-refractivity contribution in [1.82, 2.24) is 0 Å². The van der Waals surface area contributed by atoms with Crippen LogP contribution in [-0.2, 0) is 19.1 Å². The molecule has 0 amide bonds. The van der Waals surface area contributed by atoms with E-state index in [4.69, 9.17) is 10.8 Å². The fourth-order valence-corrected chi connectivity index (χ4v) is 1.67. The van der Waals surface area contributed by atoms with Crippen LogP contribution < -0.4 is 5.73 Å². The lowest BCUT2D eigenvalue weighted by atomic mass is 10.1. The van der Waals surface area contributed by atoms with E-state index in [0.29, 0.717) is 11.8 Å². The number of carbonyl (C=O) groups excluding carboxylic acids is 2. The zero-order valence-electron chi connectivity index (χ0n) is 11.3. The van der Waals surface area contributed by atoms with Gasteiger partial charge in [0, 0.05) is 4.75 Å². The van der Waals surface area contributed by atoms with Crippen LogP contribution in [0.1, 0.15) is 27.7 Å². The van der Waals surface area contributed by atoms with E-state index in [2.05, 4.69) is 9.47 Å². The van der Waals surface area contributed by atoms with Crippen LogP contribution in [0.5, 0.6) is 0 Å². The molecule has 0 heterocycles. The number of carboxylic acid groups (broad SMARTS) is 1. The molecule has 0 aliphatic rings. The van der Waals surface area contributed by atoms with E-state index < -0.39 is 34.8 Å². The molecule has 0 aromatic carbocycles. The Labute approximate surface area is 115 Å². The molecule has 0 bridgehead atoms. The van der Waals surface area contributed by atoms with Crippen LogP contribution in [0, 0.1) is 5.92 Å². The molecule has 0 saturated heterocycles. The molecule has 0 aromatic rings. The third-order valence-electron chi connectivity index (χ3n) is 2.21. The summed E-state index contributed by atoms with van der Waals surface area (Å²) in [6, 6.07) is -1.22. The monoisotopic (exact) mass is 293 g/mol. The summed E-state index contributed by atoms with van der Waals surface area (Å²) in [6.45, 7) is 5.82. The number of rotatable bonds is 6. The van der Waals surface area contributed by atoms with Gasteiger partial charge in [0.2, 0.25) is 6.79 Å². The molecule has 0 unspecified atom stereocenters. The van der Waals surface area contributed by atoms with Crippen molar-refractivity contribution in [2.75, 3.05) is 6.79 Å². The van der Waals surface area contributed by atoms with Crippen molar-refractivity contribution in [2.24, 2.45) is 11.7 Å². The van der Waals surface area contributed by atoms with Gasteiger partial charge in [0.15, 0.2) is 0 Å². The smallest absolute Gasteiger partial charge is 0.370 e. The molecule has 19 heavy (non-hydrogen) atoms. The van der Waals surface area contributed by atoms with Gasteiger partial charge in [-0.3, -0.25) is 9.59 Å². The van der Waals surface area contributed by atoms with E-state index in [9.17, 15) is 14.4 Å². The lowest BCUT2D eigenvalue weighted by molar-refractivity contribution is -0.155. The van der Waals surface area contributed by atoms with Gasteiger partial charge in [-0.25, -0.2) is 4.79 Å². The largest absolute Gasteiger partial charge is 0.480 e. The summed E-state index contributed by atoms with van der Waals surface area (Å²) in [5.74, 6) is -2.01. The third kappa shape index (κ3) is 6.44. The van der Waals surface area contributed by atoms with Crippen LogP contribution in [0.3, 0.4) is 0 Å². The molecule has 0 rings (SSSR count). The van der Waals surface area contributed by atoms with Crippen molar-refractivity contribution in [3.05, 3.63) is 0 Å². The topological polar surface area (TPSA) is 116 Å². The minimum Gasteiger partial charge on any atom is -0.480 e. The fourth-order valence-electron chi connectivity index (χ4n) is 0.907. The van der Waals surface area contributed by atoms with Crippen LogP contribution in [-0.4, -0.2) is 39.9 Å². The van der Waals surface area contributed by atoms with E-state index in [1.54, 1.807) is 13.8 Å². The van der Waals surface area contributed by atoms with E-state index >= 15 is 0 Å². The van der Waals surface area contributed by atoms with Crippen molar-refractivity contribution in [1.29, 1.82) is 0 Å². The molecule has 0 saturated carbocycles. The Morgan fingerprint density at radius 3 is 2.21 bits per heavy atom. The molecular formula is C11H19NO6S. The van der Waals surface area contributed by atoms with Gasteiger partial charge >= 0.3 is 17.2 Å². The van der Waals surface area contributed by atoms with Gasteiger partial charge in [0.1, 0.15) is 6.04 Å². The molecule has 1 atom stereocenters. The van der Waals surface area contributed by atoms with Crippen LogP contribution in [0.2, 0.25) is 0 Å². The van der Waals surface area contributed by atoms with E-state index in [0.717, 1.165) is 0 Å². The molecule has 0 spiro atoms. The first-order valence-corrected chi connectivity index (χ1v) is 6.40. The SMILES string of the molecule is CC(C)C(=O)OCOC(=O)SC(C)(C)[C@@H](N)C(=O)O. The number of carboxylic acids is 1. The summed E-state index contributed by atoms with van der Waals surface area (Å²) < 4.78 is 8.28. The van der Waals surface area contributed by atoms with Crippen LogP contribution in [0.4, 0.5) is 4.79 Å². The molecule has 0 aromatic heterocycles. The highest BCUT2D eigenvalue weighted by atomic mass is 32.2. The van der Waals surface area contributed by atoms with Crippen LogP contribution >= 0.6 is 11.8 Å². The minimum atomic E-state index is -1.22. The summed E-state index contributed by atoms with van der Waals surface area (Å²) >= 11 is 0.640. The van der Waals surface area contributed by atoms with Crippen LogP contribution in [0.25, 0.3) is 0 Å². The summed E-state index contributed by atoms with van der Waals surface area (Å²) in [5.41, 5.74) is 5.45. The quantitative estimate of drug-likeness (QED) is 0.554. The number of aliphatic carboxylic acids is 1. The molecule has 0 fully saturated rings. The standard InChI is InChI=1S/C11H19NO6S/c1-6(2)9(15)17-5-18-10(16)19-11(3,4)7(12)8(13)14/h6-7H,5,12H2,1-4H3,(H,13,14)/t7-/m0/s1. The Balaban J connectivity index is 4.18. The fraction of sp³-hybridized carbons (Fsp3) is 0.727. The Morgan fingerprint density at radius 2 is 1.79 bits per heavy atom. The number of hydrogen-bond donors (Lipinski definition) is 2. The maximum absolute atomic E-state index is 11.4. The Morgan fingerprint density at radius 1 is 1.26 bits per heavy atom. The molecule has 7 nitrogen and oxygen atoms in total. The first-order valence-electron chi connectivity index (χ1n) is 5.58. The average Bonchev–Trinajstić information content (AvgIpc) is 2.26.